The molecule has 5 heteroatoms. The maximum atomic E-state index is 11.8. The van der Waals surface area contributed by atoms with E-state index < -0.39 is 5.97 Å². The van der Waals surface area contributed by atoms with E-state index in [0.717, 1.165) is 12.8 Å². The number of urea groups is 1. The molecule has 0 aromatic rings. The number of carboxylic acid groups (broad SMARTS) is 1. The van der Waals surface area contributed by atoms with Crippen molar-refractivity contribution in [2.45, 2.75) is 45.1 Å². The van der Waals surface area contributed by atoms with Gasteiger partial charge in [-0.1, -0.05) is 12.8 Å². The van der Waals surface area contributed by atoms with Gasteiger partial charge >= 0.3 is 12.0 Å². The van der Waals surface area contributed by atoms with Gasteiger partial charge in [0.15, 0.2) is 0 Å². The predicted octanol–water partition coefficient (Wildman–Crippen LogP) is 1.44. The fraction of sp³-hybridized carbons (Fsp3) is 0.818. The highest BCUT2D eigenvalue weighted by Crippen LogP contribution is 2.23. The molecule has 0 heterocycles. The van der Waals surface area contributed by atoms with Crippen molar-refractivity contribution < 1.29 is 14.7 Å². The van der Waals surface area contributed by atoms with Gasteiger partial charge in [0.1, 0.15) is 0 Å². The summed E-state index contributed by atoms with van der Waals surface area (Å²) in [6.45, 7) is 2.84. The fourth-order valence-electron chi connectivity index (χ4n) is 2.16. The van der Waals surface area contributed by atoms with Crippen molar-refractivity contribution in [1.82, 2.24) is 10.2 Å². The molecule has 0 aromatic carbocycles. The van der Waals surface area contributed by atoms with Gasteiger partial charge < -0.3 is 15.3 Å². The summed E-state index contributed by atoms with van der Waals surface area (Å²) in [4.78, 5) is 23.9. The Morgan fingerprint density at radius 2 is 2.00 bits per heavy atom. The van der Waals surface area contributed by atoms with Crippen molar-refractivity contribution in [3.8, 4) is 0 Å². The number of hydrogen-bond acceptors (Lipinski definition) is 2. The van der Waals surface area contributed by atoms with E-state index in [1.165, 1.54) is 12.8 Å². The Balaban J connectivity index is 2.33. The van der Waals surface area contributed by atoms with Gasteiger partial charge in [-0.05, 0) is 19.8 Å². The van der Waals surface area contributed by atoms with Crippen LogP contribution >= 0.6 is 0 Å². The lowest BCUT2D eigenvalue weighted by atomic mass is 10.2. The Morgan fingerprint density at radius 3 is 2.50 bits per heavy atom. The van der Waals surface area contributed by atoms with Crippen molar-refractivity contribution in [1.29, 1.82) is 0 Å². The van der Waals surface area contributed by atoms with Crippen LogP contribution in [0.2, 0.25) is 0 Å². The first-order valence-corrected chi connectivity index (χ1v) is 5.91. The maximum Gasteiger partial charge on any atom is 0.317 e. The molecule has 5 nitrogen and oxygen atoms in total. The molecule has 16 heavy (non-hydrogen) atoms. The van der Waals surface area contributed by atoms with Crippen molar-refractivity contribution >= 4 is 12.0 Å². The van der Waals surface area contributed by atoms with Crippen LogP contribution < -0.4 is 5.32 Å². The molecule has 0 spiro atoms. The second-order valence-electron chi connectivity index (χ2n) is 4.10. The Hall–Kier alpha value is -1.26. The van der Waals surface area contributed by atoms with Crippen LogP contribution in [-0.2, 0) is 4.79 Å². The van der Waals surface area contributed by atoms with Gasteiger partial charge in [0.25, 0.3) is 0 Å². The first kappa shape index (κ1) is 12.8. The monoisotopic (exact) mass is 228 g/mol. The number of nitrogens with zero attached hydrogens (tertiary/aromatic N) is 1. The van der Waals surface area contributed by atoms with Crippen LogP contribution in [0, 0.1) is 0 Å². The zero-order valence-corrected chi connectivity index (χ0v) is 9.74. The summed E-state index contributed by atoms with van der Waals surface area (Å²) >= 11 is 0. The number of carbonyl (C=O) groups excluding carboxylic acids is 1. The Bertz CT molecular complexity index is 250. The highest BCUT2D eigenvalue weighted by molar-refractivity contribution is 5.75. The second kappa shape index (κ2) is 6.35. The van der Waals surface area contributed by atoms with Crippen LogP contribution in [0.4, 0.5) is 4.79 Å². The van der Waals surface area contributed by atoms with E-state index in [0.29, 0.717) is 12.6 Å². The highest BCUT2D eigenvalue weighted by atomic mass is 16.4. The van der Waals surface area contributed by atoms with Crippen LogP contribution in [0.3, 0.4) is 0 Å². The van der Waals surface area contributed by atoms with Crippen LogP contribution in [0.1, 0.15) is 39.0 Å². The molecule has 0 atom stereocenters. The third-order valence-electron chi connectivity index (χ3n) is 2.98. The molecule has 0 unspecified atom stereocenters. The molecule has 1 saturated carbocycles. The molecule has 92 valence electrons. The van der Waals surface area contributed by atoms with Gasteiger partial charge in [-0.2, -0.15) is 0 Å². The Kier molecular flexibility index (Phi) is 5.08. The molecular weight excluding hydrogens is 208 g/mol. The first-order chi connectivity index (χ1) is 7.65. The lowest BCUT2D eigenvalue weighted by Gasteiger charge is -2.27. The maximum absolute atomic E-state index is 11.8. The molecule has 2 N–H and O–H groups in total. The average molecular weight is 228 g/mol. The number of rotatable bonds is 5. The van der Waals surface area contributed by atoms with Crippen molar-refractivity contribution in [3.63, 3.8) is 0 Å². The van der Waals surface area contributed by atoms with Crippen LogP contribution in [0.25, 0.3) is 0 Å². The summed E-state index contributed by atoms with van der Waals surface area (Å²) < 4.78 is 0. The van der Waals surface area contributed by atoms with Gasteiger partial charge in [-0.15, -0.1) is 0 Å². The van der Waals surface area contributed by atoms with E-state index >= 15 is 0 Å². The number of hydrogen-bond donors (Lipinski definition) is 2. The van der Waals surface area contributed by atoms with Crippen LogP contribution in [0.15, 0.2) is 0 Å². The van der Waals surface area contributed by atoms with Crippen LogP contribution in [-0.4, -0.2) is 41.1 Å². The standard InChI is InChI=1S/C11H20N2O3/c1-2-13(9-5-3-4-6-9)11(16)12-8-7-10(14)15/h9H,2-8H2,1H3,(H,12,16)(H,14,15). The highest BCUT2D eigenvalue weighted by Gasteiger charge is 2.24. The summed E-state index contributed by atoms with van der Waals surface area (Å²) in [5, 5.41) is 11.1. The molecule has 0 radical (unpaired) electrons. The number of carbonyl (C=O) groups is 2. The zero-order chi connectivity index (χ0) is 12.0. The number of amides is 2. The lowest BCUT2D eigenvalue weighted by Crippen LogP contribution is -2.45. The normalized spacial score (nSPS) is 16.1. The summed E-state index contributed by atoms with van der Waals surface area (Å²) in [7, 11) is 0. The number of carboxylic acids is 1. The third kappa shape index (κ3) is 3.72. The molecule has 1 aliphatic carbocycles. The molecule has 1 fully saturated rings. The summed E-state index contributed by atoms with van der Waals surface area (Å²) in [6.07, 6.45) is 4.49. The van der Waals surface area contributed by atoms with Gasteiger partial charge in [0, 0.05) is 19.1 Å². The summed E-state index contributed by atoms with van der Waals surface area (Å²) in [5.41, 5.74) is 0. The molecule has 2 amide bonds. The smallest absolute Gasteiger partial charge is 0.317 e. The molecular formula is C11H20N2O3. The minimum Gasteiger partial charge on any atom is -0.481 e. The molecule has 0 bridgehead atoms. The third-order valence-corrected chi connectivity index (χ3v) is 2.98. The predicted molar refractivity (Wildman–Crippen MR) is 60.3 cm³/mol. The van der Waals surface area contributed by atoms with E-state index in [1.807, 2.05) is 11.8 Å². The topological polar surface area (TPSA) is 69.6 Å². The van der Waals surface area contributed by atoms with E-state index in [2.05, 4.69) is 5.32 Å². The van der Waals surface area contributed by atoms with Gasteiger partial charge in [0.05, 0.1) is 6.42 Å². The first-order valence-electron chi connectivity index (χ1n) is 5.91. The van der Waals surface area contributed by atoms with Crippen LogP contribution in [0.5, 0.6) is 0 Å². The van der Waals surface area contributed by atoms with E-state index in [4.69, 9.17) is 5.11 Å². The van der Waals surface area contributed by atoms with Gasteiger partial charge in [-0.25, -0.2) is 4.79 Å². The van der Waals surface area contributed by atoms with Gasteiger partial charge in [0.2, 0.25) is 0 Å². The average Bonchev–Trinajstić information content (AvgIpc) is 2.71. The molecule has 0 saturated heterocycles. The zero-order valence-electron chi connectivity index (χ0n) is 9.74. The molecule has 0 aliphatic heterocycles. The fourth-order valence-corrected chi connectivity index (χ4v) is 2.16. The largest absolute Gasteiger partial charge is 0.481 e. The van der Waals surface area contributed by atoms with E-state index in [1.54, 1.807) is 0 Å². The number of aliphatic carboxylic acids is 1. The SMILES string of the molecule is CCN(C(=O)NCCC(=O)O)C1CCCC1. The van der Waals surface area contributed by atoms with Crippen molar-refractivity contribution in [3.05, 3.63) is 0 Å². The Labute approximate surface area is 95.8 Å². The molecule has 1 aliphatic rings. The molecule has 1 rings (SSSR count). The minimum atomic E-state index is -0.885. The van der Waals surface area contributed by atoms with Crippen molar-refractivity contribution in [2.24, 2.45) is 0 Å². The van der Waals surface area contributed by atoms with Crippen molar-refractivity contribution in [2.75, 3.05) is 13.1 Å². The minimum absolute atomic E-state index is 0.0199. The Morgan fingerprint density at radius 1 is 1.38 bits per heavy atom. The second-order valence-corrected chi connectivity index (χ2v) is 4.10. The summed E-state index contributed by atoms with van der Waals surface area (Å²) in [5.74, 6) is -0.885. The lowest BCUT2D eigenvalue weighted by molar-refractivity contribution is -0.136. The van der Waals surface area contributed by atoms with E-state index in [-0.39, 0.29) is 19.0 Å². The summed E-state index contributed by atoms with van der Waals surface area (Å²) in [6, 6.07) is 0.213. The molecule has 0 aromatic heterocycles. The quantitative estimate of drug-likeness (QED) is 0.748. The number of nitrogens with one attached hydrogen (secondary N) is 1. The van der Waals surface area contributed by atoms with Gasteiger partial charge in [-0.3, -0.25) is 4.79 Å². The van der Waals surface area contributed by atoms with E-state index in [9.17, 15) is 9.59 Å².